The number of halogens is 2. The molecular weight excluding hydrogens is 255 g/mol. The van der Waals surface area contributed by atoms with Gasteiger partial charge in [-0.2, -0.15) is 0 Å². The summed E-state index contributed by atoms with van der Waals surface area (Å²) in [5.41, 5.74) is 2.06. The highest BCUT2D eigenvalue weighted by Gasteiger charge is 2.24. The lowest BCUT2D eigenvalue weighted by molar-refractivity contribution is 0.615. The molecule has 0 atom stereocenters. The summed E-state index contributed by atoms with van der Waals surface area (Å²) in [6.07, 6.45) is 3.47. The van der Waals surface area contributed by atoms with Gasteiger partial charge >= 0.3 is 0 Å². The van der Waals surface area contributed by atoms with Crippen LogP contribution in [0.3, 0.4) is 0 Å². The average Bonchev–Trinajstić information content (AvgIpc) is 3.05. The first-order valence-corrected chi connectivity index (χ1v) is 6.90. The molecule has 0 radical (unpaired) electrons. The summed E-state index contributed by atoms with van der Waals surface area (Å²) in [5.74, 6) is 2.49. The van der Waals surface area contributed by atoms with Gasteiger partial charge in [0.05, 0.1) is 10.5 Å². The molecule has 4 heteroatoms. The molecule has 1 aromatic carbocycles. The predicted molar refractivity (Wildman–Crippen MR) is 71.9 cm³/mol. The van der Waals surface area contributed by atoms with Crippen LogP contribution in [0.5, 0.6) is 0 Å². The van der Waals surface area contributed by atoms with Crippen LogP contribution in [-0.2, 0) is 13.0 Å². The Kier molecular flexibility index (Phi) is 3.01. The minimum absolute atomic E-state index is 0.603. The Morgan fingerprint density at radius 2 is 2.18 bits per heavy atom. The highest BCUT2D eigenvalue weighted by Crippen LogP contribution is 2.33. The number of alkyl halides is 1. The molecule has 0 N–H and O–H groups in total. The molecule has 1 fully saturated rings. The van der Waals surface area contributed by atoms with Crippen molar-refractivity contribution >= 4 is 34.2 Å². The van der Waals surface area contributed by atoms with Gasteiger partial charge < -0.3 is 4.57 Å². The van der Waals surface area contributed by atoms with Crippen molar-refractivity contribution in [2.24, 2.45) is 5.92 Å². The number of benzene rings is 1. The second-order valence-electron chi connectivity index (χ2n) is 4.63. The van der Waals surface area contributed by atoms with Gasteiger partial charge in [-0.3, -0.25) is 0 Å². The quantitative estimate of drug-likeness (QED) is 0.770. The summed E-state index contributed by atoms with van der Waals surface area (Å²) in [7, 11) is 0. The molecule has 3 rings (SSSR count). The molecule has 2 nitrogen and oxygen atoms in total. The molecule has 17 heavy (non-hydrogen) atoms. The molecule has 0 saturated heterocycles. The van der Waals surface area contributed by atoms with Crippen LogP contribution in [0.1, 0.15) is 18.7 Å². The Morgan fingerprint density at radius 1 is 1.35 bits per heavy atom. The smallest absolute Gasteiger partial charge is 0.111 e. The van der Waals surface area contributed by atoms with E-state index in [2.05, 4.69) is 15.6 Å². The van der Waals surface area contributed by atoms with Gasteiger partial charge in [0.1, 0.15) is 11.3 Å². The fraction of sp³-hybridized carbons (Fsp3) is 0.462. The van der Waals surface area contributed by atoms with E-state index in [1.54, 1.807) is 0 Å². The van der Waals surface area contributed by atoms with E-state index in [1.165, 1.54) is 12.8 Å². The second-order valence-corrected chi connectivity index (χ2v) is 5.41. The minimum Gasteiger partial charge on any atom is -0.328 e. The Labute approximate surface area is 111 Å². The number of aromatic nitrogens is 2. The number of rotatable bonds is 4. The van der Waals surface area contributed by atoms with Gasteiger partial charge in [-0.1, -0.05) is 17.7 Å². The van der Waals surface area contributed by atoms with Crippen molar-refractivity contribution in [3.63, 3.8) is 0 Å². The highest BCUT2D eigenvalue weighted by molar-refractivity contribution is 6.34. The molecule has 0 unspecified atom stereocenters. The summed E-state index contributed by atoms with van der Waals surface area (Å²) in [6, 6.07) is 5.97. The molecule has 0 spiro atoms. The third kappa shape index (κ3) is 2.16. The standard InChI is InChI=1S/C13H14Cl2N2/c14-7-6-12-16-13-10(15)2-1-3-11(13)17(12)8-9-4-5-9/h1-3,9H,4-8H2. The topological polar surface area (TPSA) is 17.8 Å². The molecule has 1 aliphatic carbocycles. The van der Waals surface area contributed by atoms with Crippen molar-refractivity contribution in [3.05, 3.63) is 29.0 Å². The lowest BCUT2D eigenvalue weighted by atomic mass is 10.3. The van der Waals surface area contributed by atoms with Crippen LogP contribution in [0.15, 0.2) is 18.2 Å². The first kappa shape index (κ1) is 11.4. The normalized spacial score (nSPS) is 15.6. The number of fused-ring (bicyclic) bond motifs is 1. The van der Waals surface area contributed by atoms with Crippen molar-refractivity contribution in [1.82, 2.24) is 9.55 Å². The van der Waals surface area contributed by atoms with Gasteiger partial charge in [0.15, 0.2) is 0 Å². The first-order chi connectivity index (χ1) is 8.29. The van der Waals surface area contributed by atoms with Gasteiger partial charge in [0.25, 0.3) is 0 Å². The Balaban J connectivity index is 2.12. The molecule has 0 amide bonds. The summed E-state index contributed by atoms with van der Waals surface area (Å²) in [6.45, 7) is 1.06. The van der Waals surface area contributed by atoms with Crippen LogP contribution in [0.2, 0.25) is 5.02 Å². The maximum Gasteiger partial charge on any atom is 0.111 e. The maximum absolute atomic E-state index is 6.19. The fourth-order valence-corrected chi connectivity index (χ4v) is 2.58. The number of nitrogens with zero attached hydrogens (tertiary/aromatic N) is 2. The number of hydrogen-bond donors (Lipinski definition) is 0. The van der Waals surface area contributed by atoms with E-state index >= 15 is 0 Å². The zero-order valence-corrected chi connectivity index (χ0v) is 11.0. The van der Waals surface area contributed by atoms with Crippen LogP contribution in [0.25, 0.3) is 11.0 Å². The third-order valence-corrected chi connectivity index (χ3v) is 3.76. The summed E-state index contributed by atoms with van der Waals surface area (Å²) >= 11 is 12.0. The molecule has 90 valence electrons. The zero-order chi connectivity index (χ0) is 11.8. The van der Waals surface area contributed by atoms with E-state index < -0.39 is 0 Å². The second kappa shape index (κ2) is 4.51. The SMILES string of the molecule is ClCCc1nc2c(Cl)cccc2n1CC1CC1. The van der Waals surface area contributed by atoms with Gasteiger partial charge in [-0.15, -0.1) is 11.6 Å². The summed E-state index contributed by atoms with van der Waals surface area (Å²) < 4.78 is 2.29. The lowest BCUT2D eigenvalue weighted by Gasteiger charge is -2.07. The van der Waals surface area contributed by atoms with Gasteiger partial charge in [0, 0.05) is 18.8 Å². The van der Waals surface area contributed by atoms with Gasteiger partial charge in [-0.05, 0) is 30.9 Å². The van der Waals surface area contributed by atoms with Crippen molar-refractivity contribution in [2.45, 2.75) is 25.8 Å². The predicted octanol–water partition coefficient (Wildman–Crippen LogP) is 3.88. The van der Waals surface area contributed by atoms with E-state index in [-0.39, 0.29) is 0 Å². The molecule has 0 bridgehead atoms. The molecular formula is C13H14Cl2N2. The number of para-hydroxylation sites is 1. The van der Waals surface area contributed by atoms with E-state index in [0.717, 1.165) is 40.8 Å². The summed E-state index contributed by atoms with van der Waals surface area (Å²) in [5, 5.41) is 0.730. The lowest BCUT2D eigenvalue weighted by Crippen LogP contribution is -2.06. The first-order valence-electron chi connectivity index (χ1n) is 5.99. The van der Waals surface area contributed by atoms with Crippen molar-refractivity contribution in [1.29, 1.82) is 0 Å². The van der Waals surface area contributed by atoms with Crippen LogP contribution >= 0.6 is 23.2 Å². The van der Waals surface area contributed by atoms with Crippen molar-refractivity contribution in [3.8, 4) is 0 Å². The van der Waals surface area contributed by atoms with Crippen LogP contribution < -0.4 is 0 Å². The molecule has 2 aromatic rings. The summed E-state index contributed by atoms with van der Waals surface area (Å²) in [4.78, 5) is 4.63. The maximum atomic E-state index is 6.19. The molecule has 1 aliphatic rings. The number of aryl methyl sites for hydroxylation is 1. The van der Waals surface area contributed by atoms with Gasteiger partial charge in [0.2, 0.25) is 0 Å². The number of imidazole rings is 1. The van der Waals surface area contributed by atoms with Gasteiger partial charge in [-0.25, -0.2) is 4.98 Å². The van der Waals surface area contributed by atoms with Crippen molar-refractivity contribution < 1.29 is 0 Å². The average molecular weight is 269 g/mol. The molecule has 1 saturated carbocycles. The van der Waals surface area contributed by atoms with E-state index in [1.807, 2.05) is 12.1 Å². The zero-order valence-electron chi connectivity index (χ0n) is 9.50. The highest BCUT2D eigenvalue weighted by atomic mass is 35.5. The van der Waals surface area contributed by atoms with E-state index in [4.69, 9.17) is 23.2 Å². The minimum atomic E-state index is 0.603. The molecule has 1 heterocycles. The fourth-order valence-electron chi connectivity index (χ4n) is 2.20. The van der Waals surface area contributed by atoms with Crippen LogP contribution in [-0.4, -0.2) is 15.4 Å². The van der Waals surface area contributed by atoms with Crippen LogP contribution in [0, 0.1) is 5.92 Å². The van der Waals surface area contributed by atoms with E-state index in [0.29, 0.717) is 5.88 Å². The van der Waals surface area contributed by atoms with E-state index in [9.17, 15) is 0 Å². The monoisotopic (exact) mass is 268 g/mol. The molecule has 1 aromatic heterocycles. The Hall–Kier alpha value is -0.730. The molecule has 0 aliphatic heterocycles. The number of hydrogen-bond acceptors (Lipinski definition) is 1. The Bertz CT molecular complexity index is 544. The van der Waals surface area contributed by atoms with Crippen molar-refractivity contribution in [2.75, 3.05) is 5.88 Å². The Morgan fingerprint density at radius 3 is 2.88 bits per heavy atom. The van der Waals surface area contributed by atoms with Crippen LogP contribution in [0.4, 0.5) is 0 Å². The largest absolute Gasteiger partial charge is 0.328 e. The third-order valence-electron chi connectivity index (χ3n) is 3.26.